The number of aryl methyl sites for hydroxylation is 1. The Morgan fingerprint density at radius 3 is 2.95 bits per heavy atom. The number of aromatic nitrogens is 3. The van der Waals surface area contributed by atoms with Crippen molar-refractivity contribution in [1.29, 1.82) is 0 Å². The van der Waals surface area contributed by atoms with Gasteiger partial charge >= 0.3 is 0 Å². The molecular formula is C17H24N4S. The maximum Gasteiger partial charge on any atom is 0.149 e. The van der Waals surface area contributed by atoms with Crippen LogP contribution in [0.3, 0.4) is 0 Å². The lowest BCUT2D eigenvalue weighted by Gasteiger charge is -2.18. The molecule has 1 atom stereocenters. The van der Waals surface area contributed by atoms with Gasteiger partial charge in [0.1, 0.15) is 11.6 Å². The van der Waals surface area contributed by atoms with E-state index in [1.165, 1.54) is 18.4 Å². The molecule has 0 bridgehead atoms. The van der Waals surface area contributed by atoms with Crippen molar-refractivity contribution in [1.82, 2.24) is 20.1 Å². The highest BCUT2D eigenvalue weighted by Gasteiger charge is 2.19. The summed E-state index contributed by atoms with van der Waals surface area (Å²) < 4.78 is 2.30. The van der Waals surface area contributed by atoms with E-state index >= 15 is 0 Å². The third-order valence-electron chi connectivity index (χ3n) is 4.08. The number of fused-ring (bicyclic) bond motifs is 1. The van der Waals surface area contributed by atoms with Gasteiger partial charge in [0.2, 0.25) is 0 Å². The molecule has 1 aliphatic rings. The molecule has 0 saturated heterocycles. The molecule has 1 N–H and O–H groups in total. The lowest BCUT2D eigenvalue weighted by Crippen LogP contribution is -2.25. The van der Waals surface area contributed by atoms with Crippen LogP contribution in [0.5, 0.6) is 0 Å². The summed E-state index contributed by atoms with van der Waals surface area (Å²) in [6.45, 7) is 4.26. The third kappa shape index (κ3) is 3.90. The lowest BCUT2D eigenvalue weighted by molar-refractivity contribution is 0.472. The van der Waals surface area contributed by atoms with Crippen LogP contribution in [0.25, 0.3) is 0 Å². The van der Waals surface area contributed by atoms with Crippen LogP contribution in [0.4, 0.5) is 0 Å². The molecule has 1 aromatic heterocycles. The molecule has 2 aromatic rings. The molecule has 118 valence electrons. The molecule has 0 amide bonds. The normalized spacial score (nSPS) is 15.5. The summed E-state index contributed by atoms with van der Waals surface area (Å²) >= 11 is 1.97. The second-order valence-electron chi connectivity index (χ2n) is 5.80. The largest absolute Gasteiger partial charge is 0.314 e. The number of nitrogens with one attached hydrogen (secondary N) is 1. The maximum atomic E-state index is 4.39. The van der Waals surface area contributed by atoms with Gasteiger partial charge in [-0.2, -0.15) is 11.8 Å². The Morgan fingerprint density at radius 2 is 2.09 bits per heavy atom. The molecule has 0 saturated carbocycles. The van der Waals surface area contributed by atoms with E-state index < -0.39 is 0 Å². The first-order valence-corrected chi connectivity index (χ1v) is 9.27. The van der Waals surface area contributed by atoms with E-state index in [2.05, 4.69) is 57.3 Å². The molecule has 22 heavy (non-hydrogen) atoms. The average Bonchev–Trinajstić information content (AvgIpc) is 2.99. The van der Waals surface area contributed by atoms with Gasteiger partial charge in [-0.1, -0.05) is 30.3 Å². The number of thioether (sulfide) groups is 1. The van der Waals surface area contributed by atoms with Crippen LogP contribution in [-0.2, 0) is 18.7 Å². The molecule has 0 fully saturated rings. The minimum Gasteiger partial charge on any atom is -0.314 e. The zero-order valence-electron chi connectivity index (χ0n) is 13.2. The highest BCUT2D eigenvalue weighted by molar-refractivity contribution is 7.98. The van der Waals surface area contributed by atoms with Crippen molar-refractivity contribution in [3.63, 3.8) is 0 Å². The summed E-state index contributed by atoms with van der Waals surface area (Å²) in [6.07, 6.45) is 3.57. The first-order valence-electron chi connectivity index (χ1n) is 8.11. The molecule has 5 heteroatoms. The molecule has 0 spiro atoms. The van der Waals surface area contributed by atoms with E-state index in [0.29, 0.717) is 0 Å². The van der Waals surface area contributed by atoms with Crippen LogP contribution in [0, 0.1) is 0 Å². The van der Waals surface area contributed by atoms with Crippen LogP contribution in [-0.4, -0.2) is 27.1 Å². The summed E-state index contributed by atoms with van der Waals surface area (Å²) in [5.41, 5.74) is 1.40. The van der Waals surface area contributed by atoms with E-state index in [1.54, 1.807) is 0 Å². The minimum absolute atomic E-state index is 0.275. The fourth-order valence-electron chi connectivity index (χ4n) is 2.85. The van der Waals surface area contributed by atoms with Gasteiger partial charge < -0.3 is 9.88 Å². The van der Waals surface area contributed by atoms with Crippen molar-refractivity contribution >= 4 is 11.8 Å². The van der Waals surface area contributed by atoms with E-state index in [9.17, 15) is 0 Å². The predicted molar refractivity (Wildman–Crippen MR) is 92.0 cm³/mol. The summed E-state index contributed by atoms with van der Waals surface area (Å²) in [7, 11) is 0. The fraction of sp³-hybridized carbons (Fsp3) is 0.529. The van der Waals surface area contributed by atoms with Crippen LogP contribution in [0.2, 0.25) is 0 Å². The predicted octanol–water partition coefficient (Wildman–Crippen LogP) is 3.20. The molecule has 2 heterocycles. The highest BCUT2D eigenvalue weighted by Crippen LogP contribution is 2.18. The molecule has 1 aromatic carbocycles. The summed E-state index contributed by atoms with van der Waals surface area (Å²) in [5, 5.41) is 12.3. The number of hydrogen-bond donors (Lipinski definition) is 1. The Morgan fingerprint density at radius 1 is 1.23 bits per heavy atom. The summed E-state index contributed by atoms with van der Waals surface area (Å²) in [5.74, 6) is 4.45. The Hall–Kier alpha value is -1.33. The topological polar surface area (TPSA) is 42.7 Å². The quantitative estimate of drug-likeness (QED) is 0.797. The standard InChI is InChI=1S/C17H24N4S/c1-14(17-20-19-16-9-5-6-11-21(16)17)18-10-12-22-13-15-7-3-2-4-8-15/h2-4,7-8,14,18H,5-6,9-13H2,1H3. The molecule has 1 aliphatic heterocycles. The van der Waals surface area contributed by atoms with E-state index in [1.807, 2.05) is 11.8 Å². The van der Waals surface area contributed by atoms with Crippen LogP contribution >= 0.6 is 11.8 Å². The number of hydrogen-bond acceptors (Lipinski definition) is 4. The Balaban J connectivity index is 1.41. The molecule has 3 rings (SSSR count). The SMILES string of the molecule is CC(NCCSCc1ccccc1)c1nnc2n1CCCC2. The van der Waals surface area contributed by atoms with Gasteiger partial charge in [0.05, 0.1) is 6.04 Å². The van der Waals surface area contributed by atoms with Gasteiger partial charge in [-0.05, 0) is 25.3 Å². The second-order valence-corrected chi connectivity index (χ2v) is 6.90. The molecule has 0 aliphatic carbocycles. The monoisotopic (exact) mass is 316 g/mol. The number of nitrogens with zero attached hydrogens (tertiary/aromatic N) is 3. The Kier molecular flexibility index (Phi) is 5.51. The van der Waals surface area contributed by atoms with E-state index in [-0.39, 0.29) is 6.04 Å². The zero-order chi connectivity index (χ0) is 15.2. The van der Waals surface area contributed by atoms with Crippen molar-refractivity contribution < 1.29 is 0 Å². The molecule has 4 nitrogen and oxygen atoms in total. The summed E-state index contributed by atoms with van der Waals surface area (Å²) in [6, 6.07) is 10.9. The first-order chi connectivity index (χ1) is 10.8. The van der Waals surface area contributed by atoms with E-state index in [0.717, 1.165) is 42.7 Å². The second kappa shape index (κ2) is 7.79. The minimum atomic E-state index is 0.275. The Bertz CT molecular complexity index is 582. The van der Waals surface area contributed by atoms with Crippen molar-refractivity contribution in [3.8, 4) is 0 Å². The third-order valence-corrected chi connectivity index (χ3v) is 5.11. The van der Waals surface area contributed by atoms with Gasteiger partial charge in [-0.3, -0.25) is 0 Å². The van der Waals surface area contributed by atoms with Crippen molar-refractivity contribution in [3.05, 3.63) is 47.5 Å². The number of benzene rings is 1. The zero-order valence-corrected chi connectivity index (χ0v) is 14.0. The van der Waals surface area contributed by atoms with Gasteiger partial charge in [-0.25, -0.2) is 0 Å². The molecular weight excluding hydrogens is 292 g/mol. The molecule has 0 radical (unpaired) electrons. The van der Waals surface area contributed by atoms with Crippen molar-refractivity contribution in [2.24, 2.45) is 0 Å². The maximum absolute atomic E-state index is 4.39. The molecule has 1 unspecified atom stereocenters. The highest BCUT2D eigenvalue weighted by atomic mass is 32.2. The van der Waals surface area contributed by atoms with Crippen molar-refractivity contribution in [2.45, 2.75) is 44.5 Å². The number of rotatable bonds is 7. The van der Waals surface area contributed by atoms with Gasteiger partial charge in [-0.15, -0.1) is 10.2 Å². The Labute approximate surface area is 136 Å². The van der Waals surface area contributed by atoms with Crippen LogP contribution < -0.4 is 5.32 Å². The summed E-state index contributed by atoms with van der Waals surface area (Å²) in [4.78, 5) is 0. The van der Waals surface area contributed by atoms with Gasteiger partial charge in [0.25, 0.3) is 0 Å². The smallest absolute Gasteiger partial charge is 0.149 e. The van der Waals surface area contributed by atoms with E-state index in [4.69, 9.17) is 0 Å². The lowest BCUT2D eigenvalue weighted by atomic mass is 10.1. The van der Waals surface area contributed by atoms with Crippen LogP contribution in [0.15, 0.2) is 30.3 Å². The van der Waals surface area contributed by atoms with Gasteiger partial charge in [0, 0.05) is 31.0 Å². The average molecular weight is 316 g/mol. The first kappa shape index (κ1) is 15.6. The van der Waals surface area contributed by atoms with Crippen molar-refractivity contribution in [2.75, 3.05) is 12.3 Å². The van der Waals surface area contributed by atoms with Crippen LogP contribution in [0.1, 0.15) is 43.0 Å². The fourth-order valence-corrected chi connectivity index (χ4v) is 3.69. The van der Waals surface area contributed by atoms with Gasteiger partial charge in [0.15, 0.2) is 0 Å².